The quantitative estimate of drug-likeness (QED) is 0.665. The summed E-state index contributed by atoms with van der Waals surface area (Å²) in [5.74, 6) is -0.502. The van der Waals surface area contributed by atoms with Crippen molar-refractivity contribution in [2.75, 3.05) is 19.6 Å². The van der Waals surface area contributed by atoms with Gasteiger partial charge in [0.1, 0.15) is 12.6 Å². The molecule has 0 aliphatic carbocycles. The Morgan fingerprint density at radius 2 is 2.00 bits per heavy atom. The number of nitrogens with zero attached hydrogens (tertiary/aromatic N) is 3. The molecule has 1 aromatic rings. The Hall–Kier alpha value is -2.42. The monoisotopic (exact) mass is 337 g/mol. The van der Waals surface area contributed by atoms with Gasteiger partial charge in [-0.2, -0.15) is 0 Å². The van der Waals surface area contributed by atoms with E-state index in [2.05, 4.69) is 4.98 Å². The molecule has 0 bridgehead atoms. The van der Waals surface area contributed by atoms with E-state index in [1.165, 1.54) is 17.2 Å². The largest absolute Gasteiger partial charge is 0.341 e. The SMILES string of the molecule is CCN(CC)C(=O)[C@@H]1C[C@H](N)CN1C(=O)Cn1ccc(=O)[nH]c1=O. The Bertz CT molecular complexity index is 721. The molecule has 1 aliphatic heterocycles. The molecule has 0 aromatic carbocycles. The molecule has 1 fully saturated rings. The van der Waals surface area contributed by atoms with E-state index in [1.54, 1.807) is 4.90 Å². The number of likely N-dealkylation sites (N-methyl/N-ethyl adjacent to an activating group) is 1. The minimum atomic E-state index is -0.661. The number of likely N-dealkylation sites (tertiary alicyclic amines) is 1. The van der Waals surface area contributed by atoms with E-state index >= 15 is 0 Å². The van der Waals surface area contributed by atoms with Crippen molar-refractivity contribution < 1.29 is 9.59 Å². The van der Waals surface area contributed by atoms with Gasteiger partial charge in [0.15, 0.2) is 0 Å². The van der Waals surface area contributed by atoms with Gasteiger partial charge in [-0.15, -0.1) is 0 Å². The lowest BCUT2D eigenvalue weighted by Crippen LogP contribution is -2.49. The molecule has 0 radical (unpaired) electrons. The van der Waals surface area contributed by atoms with Crippen molar-refractivity contribution in [2.24, 2.45) is 5.73 Å². The number of hydrogen-bond acceptors (Lipinski definition) is 5. The normalized spacial score (nSPS) is 20.2. The highest BCUT2D eigenvalue weighted by Gasteiger charge is 2.39. The molecule has 0 unspecified atom stereocenters. The average Bonchev–Trinajstić information content (AvgIpc) is 2.93. The van der Waals surface area contributed by atoms with Gasteiger partial charge in [-0.05, 0) is 20.3 Å². The lowest BCUT2D eigenvalue weighted by Gasteiger charge is -2.29. The highest BCUT2D eigenvalue weighted by atomic mass is 16.2. The molecule has 2 rings (SSSR count). The molecule has 9 nitrogen and oxygen atoms in total. The first-order chi connectivity index (χ1) is 11.4. The number of hydrogen-bond donors (Lipinski definition) is 2. The number of carbonyl (C=O) groups excluding carboxylic acids is 2. The van der Waals surface area contributed by atoms with E-state index < -0.39 is 17.3 Å². The fraction of sp³-hybridized carbons (Fsp3) is 0.600. The molecule has 1 aliphatic rings. The molecule has 1 aromatic heterocycles. The van der Waals surface area contributed by atoms with Crippen LogP contribution in [-0.4, -0.2) is 62.9 Å². The van der Waals surface area contributed by atoms with E-state index in [-0.39, 0.29) is 30.9 Å². The molecule has 0 spiro atoms. The smallest absolute Gasteiger partial charge is 0.328 e. The Morgan fingerprint density at radius 1 is 1.33 bits per heavy atom. The number of amides is 2. The minimum Gasteiger partial charge on any atom is -0.341 e. The van der Waals surface area contributed by atoms with Gasteiger partial charge in [-0.1, -0.05) is 0 Å². The number of nitrogens with one attached hydrogen (secondary N) is 1. The predicted molar refractivity (Wildman–Crippen MR) is 87.3 cm³/mol. The molecular weight excluding hydrogens is 314 g/mol. The molecule has 2 atom stereocenters. The van der Waals surface area contributed by atoms with E-state index in [9.17, 15) is 19.2 Å². The van der Waals surface area contributed by atoms with Crippen LogP contribution < -0.4 is 17.0 Å². The summed E-state index contributed by atoms with van der Waals surface area (Å²) >= 11 is 0. The first-order valence-corrected chi connectivity index (χ1v) is 8.01. The summed E-state index contributed by atoms with van der Waals surface area (Å²) in [4.78, 5) is 53.1. The zero-order valence-electron chi connectivity index (χ0n) is 13.9. The van der Waals surface area contributed by atoms with E-state index in [4.69, 9.17) is 5.73 Å². The zero-order chi connectivity index (χ0) is 17.9. The second-order valence-corrected chi connectivity index (χ2v) is 5.81. The number of H-pyrrole nitrogens is 1. The minimum absolute atomic E-state index is 0.130. The van der Waals surface area contributed by atoms with Gasteiger partial charge in [0.25, 0.3) is 5.56 Å². The Morgan fingerprint density at radius 3 is 2.58 bits per heavy atom. The summed E-state index contributed by atoms with van der Waals surface area (Å²) < 4.78 is 1.10. The summed E-state index contributed by atoms with van der Waals surface area (Å²) in [6.07, 6.45) is 1.66. The van der Waals surface area contributed by atoms with Crippen molar-refractivity contribution in [3.63, 3.8) is 0 Å². The maximum atomic E-state index is 12.6. The summed E-state index contributed by atoms with van der Waals surface area (Å²) in [5.41, 5.74) is 4.75. The third-order valence-corrected chi connectivity index (χ3v) is 4.22. The van der Waals surface area contributed by atoms with Gasteiger partial charge < -0.3 is 15.5 Å². The number of nitrogens with two attached hydrogens (primary N) is 1. The third-order valence-electron chi connectivity index (χ3n) is 4.22. The van der Waals surface area contributed by atoms with Crippen molar-refractivity contribution in [3.8, 4) is 0 Å². The van der Waals surface area contributed by atoms with Crippen LogP contribution in [0.15, 0.2) is 21.9 Å². The molecule has 132 valence electrons. The van der Waals surface area contributed by atoms with Crippen molar-refractivity contribution in [2.45, 2.75) is 38.9 Å². The standard InChI is InChI=1S/C15H23N5O4/c1-3-18(4-2)14(23)11-7-10(16)8-20(11)13(22)9-19-6-5-12(21)17-15(19)24/h5-6,10-11H,3-4,7-9,16H2,1-2H3,(H,17,21,24)/t10-,11-/m0/s1. The second kappa shape index (κ2) is 7.43. The van der Waals surface area contributed by atoms with Crippen LogP contribution in [0.5, 0.6) is 0 Å². The molecule has 0 saturated carbocycles. The van der Waals surface area contributed by atoms with Crippen LogP contribution in [0, 0.1) is 0 Å². The summed E-state index contributed by atoms with van der Waals surface area (Å²) in [6, 6.07) is 0.291. The van der Waals surface area contributed by atoms with Gasteiger partial charge in [-0.25, -0.2) is 4.79 Å². The maximum absolute atomic E-state index is 12.6. The number of aromatic amines is 1. The highest BCUT2D eigenvalue weighted by Crippen LogP contribution is 2.19. The number of carbonyl (C=O) groups is 2. The summed E-state index contributed by atoms with van der Waals surface area (Å²) in [6.45, 7) is 4.90. The maximum Gasteiger partial charge on any atom is 0.328 e. The first kappa shape index (κ1) is 17.9. The first-order valence-electron chi connectivity index (χ1n) is 8.01. The van der Waals surface area contributed by atoms with Crippen LogP contribution in [0.2, 0.25) is 0 Å². The number of aromatic nitrogens is 2. The van der Waals surface area contributed by atoms with Crippen molar-refractivity contribution in [3.05, 3.63) is 33.1 Å². The summed E-state index contributed by atoms with van der Waals surface area (Å²) in [7, 11) is 0. The van der Waals surface area contributed by atoms with Crippen LogP contribution >= 0.6 is 0 Å². The van der Waals surface area contributed by atoms with Crippen LogP contribution in [0.1, 0.15) is 20.3 Å². The van der Waals surface area contributed by atoms with Gasteiger partial charge in [-0.3, -0.25) is 23.9 Å². The Balaban J connectivity index is 2.18. The molecule has 24 heavy (non-hydrogen) atoms. The van der Waals surface area contributed by atoms with E-state index in [1.807, 2.05) is 13.8 Å². The molecule has 1 saturated heterocycles. The lowest BCUT2D eigenvalue weighted by molar-refractivity contribution is -0.144. The Labute approximate surface area is 139 Å². The van der Waals surface area contributed by atoms with Gasteiger partial charge in [0.05, 0.1) is 0 Å². The lowest BCUT2D eigenvalue weighted by atomic mass is 10.1. The molecule has 3 N–H and O–H groups in total. The molecule has 2 amide bonds. The van der Waals surface area contributed by atoms with Crippen molar-refractivity contribution in [1.82, 2.24) is 19.4 Å². The van der Waals surface area contributed by atoms with Gasteiger partial charge in [0, 0.05) is 37.9 Å². The highest BCUT2D eigenvalue weighted by molar-refractivity contribution is 5.88. The topological polar surface area (TPSA) is 121 Å². The molecule has 9 heteroatoms. The van der Waals surface area contributed by atoms with E-state index in [0.717, 1.165) is 4.57 Å². The van der Waals surface area contributed by atoms with Gasteiger partial charge >= 0.3 is 5.69 Å². The molecule has 2 heterocycles. The van der Waals surface area contributed by atoms with Crippen LogP contribution in [-0.2, 0) is 16.1 Å². The fourth-order valence-electron chi connectivity index (χ4n) is 2.93. The average molecular weight is 337 g/mol. The number of rotatable bonds is 5. The van der Waals surface area contributed by atoms with E-state index in [0.29, 0.717) is 19.5 Å². The Kier molecular flexibility index (Phi) is 5.55. The fourth-order valence-corrected chi connectivity index (χ4v) is 2.93. The molecular formula is C15H23N5O4. The van der Waals surface area contributed by atoms with Gasteiger partial charge in [0.2, 0.25) is 11.8 Å². The second-order valence-electron chi connectivity index (χ2n) is 5.81. The van der Waals surface area contributed by atoms with Crippen LogP contribution in [0.4, 0.5) is 0 Å². The predicted octanol–water partition coefficient (Wildman–Crippen LogP) is -1.67. The van der Waals surface area contributed by atoms with Crippen molar-refractivity contribution in [1.29, 1.82) is 0 Å². The summed E-state index contributed by atoms with van der Waals surface area (Å²) in [5, 5.41) is 0. The van der Waals surface area contributed by atoms with Crippen molar-refractivity contribution >= 4 is 11.8 Å². The third kappa shape index (κ3) is 3.73. The zero-order valence-corrected chi connectivity index (χ0v) is 13.9. The van der Waals surface area contributed by atoms with Crippen LogP contribution in [0.3, 0.4) is 0 Å². The van der Waals surface area contributed by atoms with Crippen LogP contribution in [0.25, 0.3) is 0 Å².